The number of H-pyrrole nitrogens is 1. The van der Waals surface area contributed by atoms with Crippen LogP contribution in [0.2, 0.25) is 5.82 Å². The van der Waals surface area contributed by atoms with Crippen molar-refractivity contribution in [3.63, 3.8) is 0 Å². The van der Waals surface area contributed by atoms with Gasteiger partial charge in [0.15, 0.2) is 0 Å². The summed E-state index contributed by atoms with van der Waals surface area (Å²) >= 11 is 11.6. The number of rotatable bonds is 19. The average molecular weight is 1750 g/mol. The third-order valence-corrected chi connectivity index (χ3v) is 18.9. The molecule has 3 aliphatic heterocycles. The van der Waals surface area contributed by atoms with Crippen LogP contribution in [0, 0.1) is 10.8 Å². The Morgan fingerprint density at radius 1 is 0.578 bits per heavy atom. The maximum atomic E-state index is 11.9. The molecule has 5 N–H and O–H groups in total. The van der Waals surface area contributed by atoms with Crippen molar-refractivity contribution in [3.8, 4) is 0 Å². The molecule has 0 spiro atoms. The molecule has 6 saturated carbocycles. The van der Waals surface area contributed by atoms with Gasteiger partial charge in [0.25, 0.3) is 11.8 Å². The van der Waals surface area contributed by atoms with Crippen LogP contribution in [0.15, 0.2) is 144 Å². The molecule has 9 aliphatic rings. The van der Waals surface area contributed by atoms with Crippen LogP contribution < -0.4 is 5.32 Å². The lowest BCUT2D eigenvalue weighted by Gasteiger charge is -2.32. The van der Waals surface area contributed by atoms with Gasteiger partial charge >= 0.3 is 38.1 Å². The highest BCUT2D eigenvalue weighted by Gasteiger charge is 2.50. The topological polar surface area (TPSA) is 376 Å². The Bertz CT molecular complexity index is 4310. The van der Waals surface area contributed by atoms with Gasteiger partial charge in [-0.15, -0.1) is 0 Å². The van der Waals surface area contributed by atoms with Crippen LogP contribution in [0.4, 0.5) is 0 Å². The summed E-state index contributed by atoms with van der Waals surface area (Å²) in [6, 6.07) is 2.93. The first kappa shape index (κ1) is 95.7. The number of carbonyl (C=O) groups is 8. The molecule has 6 aromatic rings. The van der Waals surface area contributed by atoms with Crippen molar-refractivity contribution in [3.05, 3.63) is 166 Å². The van der Waals surface area contributed by atoms with E-state index in [0.29, 0.717) is 56.6 Å². The molecule has 628 valence electrons. The van der Waals surface area contributed by atoms with Crippen LogP contribution in [0.3, 0.4) is 0 Å². The highest BCUT2D eigenvalue weighted by Crippen LogP contribution is 2.40. The van der Waals surface area contributed by atoms with Gasteiger partial charge in [0.1, 0.15) is 0 Å². The molecular formula is C81H111B2Br2ClN14O16. The highest BCUT2D eigenvalue weighted by molar-refractivity contribution is 9.10. The molecule has 9 heterocycles. The van der Waals surface area contributed by atoms with Gasteiger partial charge in [-0.2, -0.15) is 30.6 Å². The first-order valence-electron chi connectivity index (χ1n) is 38.9. The zero-order valence-electron chi connectivity index (χ0n) is 68.2. The maximum Gasteiger partial charge on any atom is 0.487 e. The van der Waals surface area contributed by atoms with E-state index < -0.39 is 20.2 Å². The standard InChI is InChI=1S/C14H15N3O2.C14H20N2O2.C11H19BO4.C11H14N2O2.C9H10N2O2.C6H7BrN2.C5H9ClO.C5H7NO.C3H7BO2.C3H3BrN2/c18-13-3-1-2-8-16(13)14(19)7-4-11-9-15-17(10-11)12-5-6-12;1-14(2,3)10-18-13(17)7-4-11-8-15-16(9-11)12-5-6-12;1-6-14-9(13)7-8-12-15-10(2,3)11(4,5)16-12;1-2-15-11(14)6-3-9-7-12-13(8-9)10-4-5-10;12-9(13)4-1-7-5-10-11(6-7)8-2-3-8;7-5-3-8-9(4-5)6-1-2-6;1-5(2,3)4(6)7;7-5-3-1-2-4-6-5;5-4(6)3-1-2-3;4-3-1-5-6-2-3/h1,3-4,7,9-10,12H,2,5-6,8H2;4,7-9,12H,5-6,10H2,1-3H3;7-8H,6H2,1-5H3;3,6-8,10H,2,4-5H2,1H3;1,4-6,8H,2-3H2,(H,12,13);3-4,6H,1-2H2;1-3H3;1,3H,2,4H2,(H,6,7);3,5-6H,1-2H2;1-2H,(H,5,6)/b2*7-4+;8-7+;6-3+;4-1+;;;;;. The van der Waals surface area contributed by atoms with E-state index in [1.807, 2.05) is 115 Å². The molecule has 1 saturated heterocycles. The van der Waals surface area contributed by atoms with E-state index in [-0.39, 0.29) is 68.7 Å². The van der Waals surface area contributed by atoms with Gasteiger partial charge in [-0.1, -0.05) is 66.5 Å². The number of nitrogens with zero attached hydrogens (tertiary/aromatic N) is 12. The fraction of sp³-hybridized carbons (Fsp3) is 0.506. The quantitative estimate of drug-likeness (QED) is 0.0165. The number of hydrogen-bond acceptors (Lipinski definition) is 21. The largest absolute Gasteiger partial charge is 0.487 e. The third-order valence-electron chi connectivity index (χ3n) is 17.5. The summed E-state index contributed by atoms with van der Waals surface area (Å²) in [4.78, 5) is 89.0. The second-order valence-electron chi connectivity index (χ2n) is 31.3. The van der Waals surface area contributed by atoms with Crippen LogP contribution in [-0.4, -0.2) is 184 Å². The number of aromatic amines is 1. The highest BCUT2D eigenvalue weighted by atomic mass is 79.9. The van der Waals surface area contributed by atoms with Gasteiger partial charge < -0.3 is 44.0 Å². The van der Waals surface area contributed by atoms with Gasteiger partial charge in [0, 0.05) is 108 Å². The van der Waals surface area contributed by atoms with E-state index in [2.05, 4.69) is 72.9 Å². The van der Waals surface area contributed by atoms with Gasteiger partial charge in [-0.3, -0.25) is 52.6 Å². The van der Waals surface area contributed by atoms with E-state index in [1.165, 1.54) is 99.5 Å². The van der Waals surface area contributed by atoms with Gasteiger partial charge in [0.2, 0.25) is 11.1 Å². The Morgan fingerprint density at radius 2 is 0.983 bits per heavy atom. The van der Waals surface area contributed by atoms with Crippen LogP contribution in [-0.2, 0) is 61.9 Å². The average Bonchev–Trinajstić information content (AvgIpc) is 1.64. The summed E-state index contributed by atoms with van der Waals surface area (Å²) in [7, 11) is -1.53. The Morgan fingerprint density at radius 3 is 1.28 bits per heavy atom. The Balaban J connectivity index is 0.000000205. The minimum atomic E-state index is -1.04. The summed E-state index contributed by atoms with van der Waals surface area (Å²) in [5.41, 5.74) is 2.48. The minimum absolute atomic E-state index is 0.000354. The molecule has 0 atom stereocenters. The van der Waals surface area contributed by atoms with Gasteiger partial charge in [0.05, 0.1) is 107 Å². The number of hydrogen-bond donors (Lipinski definition) is 5. The molecule has 0 unspecified atom stereocenters. The molecular weight excluding hydrogens is 1640 g/mol. The first-order chi connectivity index (χ1) is 54.9. The number of halogens is 3. The lowest BCUT2D eigenvalue weighted by Crippen LogP contribution is -2.41. The van der Waals surface area contributed by atoms with Crippen LogP contribution in [0.25, 0.3) is 24.3 Å². The number of aliphatic carboxylic acids is 1. The molecule has 15 rings (SSSR count). The van der Waals surface area contributed by atoms with Crippen LogP contribution >= 0.6 is 43.5 Å². The molecule has 0 bridgehead atoms. The number of aromatic nitrogens is 12. The number of carbonyl (C=O) groups excluding carboxylic acids is 7. The zero-order valence-corrected chi connectivity index (χ0v) is 72.1. The Kier molecular flexibility index (Phi) is 39.0. The second kappa shape index (κ2) is 47.3. The maximum absolute atomic E-state index is 11.9. The first-order valence-corrected chi connectivity index (χ1v) is 40.9. The van der Waals surface area contributed by atoms with Gasteiger partial charge in [-0.05, 0) is 216 Å². The number of nitrogens with one attached hydrogen (secondary N) is 2. The Hall–Kier alpha value is -9.18. The van der Waals surface area contributed by atoms with Crippen molar-refractivity contribution < 1.29 is 77.0 Å². The second-order valence-corrected chi connectivity index (χ2v) is 33.5. The van der Waals surface area contributed by atoms with E-state index in [9.17, 15) is 38.4 Å². The molecule has 7 fully saturated rings. The van der Waals surface area contributed by atoms with E-state index in [4.69, 9.17) is 50.3 Å². The molecule has 30 nitrogen and oxygen atoms in total. The fourth-order valence-electron chi connectivity index (χ4n) is 9.32. The Labute approximate surface area is 701 Å². The molecule has 6 aliphatic carbocycles. The summed E-state index contributed by atoms with van der Waals surface area (Å²) in [6.45, 7) is 25.3. The number of carboxylic acid groups (broad SMARTS) is 1. The van der Waals surface area contributed by atoms with E-state index >= 15 is 0 Å². The van der Waals surface area contributed by atoms with Crippen molar-refractivity contribution in [2.75, 3.05) is 32.9 Å². The number of ether oxygens (including phenoxy) is 3. The predicted molar refractivity (Wildman–Crippen MR) is 450 cm³/mol. The minimum Gasteiger partial charge on any atom is -0.478 e. The van der Waals surface area contributed by atoms with E-state index in [1.54, 1.807) is 114 Å². The van der Waals surface area contributed by atoms with Crippen LogP contribution in [0.1, 0.15) is 225 Å². The lowest BCUT2D eigenvalue weighted by atomic mass is 9.84. The molecule has 35 heteroatoms. The van der Waals surface area contributed by atoms with Crippen molar-refractivity contribution >= 4 is 129 Å². The van der Waals surface area contributed by atoms with Crippen molar-refractivity contribution in [1.29, 1.82) is 0 Å². The fourth-order valence-corrected chi connectivity index (χ4v) is 9.83. The molecule has 116 heavy (non-hydrogen) atoms. The predicted octanol–water partition coefficient (Wildman–Crippen LogP) is 13.9. The molecule has 6 aromatic heterocycles. The van der Waals surface area contributed by atoms with E-state index in [0.717, 1.165) is 69.5 Å². The van der Waals surface area contributed by atoms with Crippen molar-refractivity contribution in [2.24, 2.45) is 10.8 Å². The number of imide groups is 1. The zero-order chi connectivity index (χ0) is 85.2. The number of amides is 3. The number of carboxylic acids is 1. The SMILES string of the molecule is Brc1cn[nH]c1.Brc1cnn(C2CC2)c1.CC(C)(C)C(=O)Cl.CC(C)(C)COC(=O)/C=C/c1cnn(C2CC2)c1.CCOC(=O)/C=C/B1OC(C)(C)C(C)(C)O1.CCOC(=O)/C=C/c1cnn(C2CC2)c1.O=C(O)/C=C/c1cnn(C2CC2)c1.O=C1C=CCCN1.O=C1C=CCCN1C(=O)/C=C/c1cnn(C2CC2)c1.OB(O)C1CC1. The molecule has 0 aromatic carbocycles. The van der Waals surface area contributed by atoms with Crippen molar-refractivity contribution in [1.82, 2.24) is 69.3 Å². The molecule has 0 radical (unpaired) electrons. The normalized spacial score (nSPS) is 17.5. The lowest BCUT2D eigenvalue weighted by molar-refractivity contribution is -0.141. The third kappa shape index (κ3) is 39.2. The van der Waals surface area contributed by atoms with Crippen molar-refractivity contribution in [2.45, 2.75) is 220 Å². The summed E-state index contributed by atoms with van der Waals surface area (Å²) in [5, 5.41) is 54.5. The van der Waals surface area contributed by atoms with Crippen LogP contribution in [0.5, 0.6) is 0 Å². The smallest absolute Gasteiger partial charge is 0.478 e. The van der Waals surface area contributed by atoms with Gasteiger partial charge in [-0.25, -0.2) is 19.2 Å². The number of esters is 3. The summed E-state index contributed by atoms with van der Waals surface area (Å²) in [5.74, 6) is -0.606. The summed E-state index contributed by atoms with van der Waals surface area (Å²) in [6.07, 6.45) is 58.0. The monoisotopic (exact) mass is 1750 g/mol. The molecule has 3 amide bonds. The summed E-state index contributed by atoms with van der Waals surface area (Å²) < 4.78 is 37.9.